The fourth-order valence-electron chi connectivity index (χ4n) is 3.44. The van der Waals surface area contributed by atoms with Crippen molar-refractivity contribution in [2.24, 2.45) is 0 Å². The lowest BCUT2D eigenvalue weighted by atomic mass is 10.0. The molecule has 1 N–H and O–H groups in total. The number of carbonyl (C=O) groups is 2. The average molecular weight is 441 g/mol. The Labute approximate surface area is 176 Å². The number of carbonyl (C=O) groups excluding carboxylic acids is 2. The van der Waals surface area contributed by atoms with Crippen LogP contribution >= 0.6 is 11.6 Å². The molecular weight excluding hydrogens is 421 g/mol. The lowest BCUT2D eigenvalue weighted by Gasteiger charge is -2.33. The van der Waals surface area contributed by atoms with Gasteiger partial charge in [0.1, 0.15) is 5.75 Å². The minimum absolute atomic E-state index is 0.249. The molecule has 0 bridgehead atoms. The first-order valence-electron chi connectivity index (χ1n) is 9.30. The van der Waals surface area contributed by atoms with E-state index in [1.54, 1.807) is 17.0 Å². The Balaban J connectivity index is 1.64. The maximum Gasteiger partial charge on any atom is 0.417 e. The molecule has 0 atom stereocenters. The number of nitrogens with one attached hydrogen (secondary N) is 1. The Morgan fingerprint density at radius 1 is 1.10 bits per heavy atom. The van der Waals surface area contributed by atoms with Crippen LogP contribution in [0.1, 0.15) is 39.1 Å². The molecule has 1 aliphatic heterocycles. The summed E-state index contributed by atoms with van der Waals surface area (Å²) in [6, 6.07) is 9.11. The van der Waals surface area contributed by atoms with Gasteiger partial charge in [0.2, 0.25) is 0 Å². The predicted molar refractivity (Wildman–Crippen MR) is 106 cm³/mol. The molecule has 160 valence electrons. The molecule has 30 heavy (non-hydrogen) atoms. The smallest absolute Gasteiger partial charge is 0.417 e. The second kappa shape index (κ2) is 8.95. The molecular formula is C21H20ClF3N2O3. The molecule has 0 spiro atoms. The van der Waals surface area contributed by atoms with Crippen LogP contribution in [0.5, 0.6) is 5.75 Å². The van der Waals surface area contributed by atoms with Gasteiger partial charge < -0.3 is 15.0 Å². The molecule has 0 aliphatic carbocycles. The topological polar surface area (TPSA) is 58.6 Å². The quantitative estimate of drug-likeness (QED) is 0.766. The number of methoxy groups -OCH3 is 1. The van der Waals surface area contributed by atoms with Crippen LogP contribution in [0.4, 0.5) is 13.2 Å². The zero-order chi connectivity index (χ0) is 21.9. The van der Waals surface area contributed by atoms with Crippen molar-refractivity contribution >= 4 is 23.4 Å². The van der Waals surface area contributed by atoms with E-state index in [0.29, 0.717) is 42.3 Å². The van der Waals surface area contributed by atoms with Crippen molar-refractivity contribution in [3.8, 4) is 5.75 Å². The minimum atomic E-state index is -4.61. The number of halogens is 4. The van der Waals surface area contributed by atoms with E-state index in [2.05, 4.69) is 5.32 Å². The van der Waals surface area contributed by atoms with Crippen molar-refractivity contribution < 1.29 is 27.5 Å². The first-order valence-corrected chi connectivity index (χ1v) is 9.68. The summed E-state index contributed by atoms with van der Waals surface area (Å²) in [5.41, 5.74) is -1.04. The first-order chi connectivity index (χ1) is 14.2. The number of benzene rings is 2. The van der Waals surface area contributed by atoms with Crippen LogP contribution in [-0.2, 0) is 6.18 Å². The Bertz CT molecular complexity index is 941. The summed E-state index contributed by atoms with van der Waals surface area (Å²) in [5.74, 6) is -0.616. The highest BCUT2D eigenvalue weighted by Crippen LogP contribution is 2.32. The van der Waals surface area contributed by atoms with E-state index < -0.39 is 23.2 Å². The largest absolute Gasteiger partial charge is 0.496 e. The number of hydrogen-bond donors (Lipinski definition) is 1. The van der Waals surface area contributed by atoms with Crippen LogP contribution in [-0.4, -0.2) is 43.0 Å². The molecule has 1 aliphatic rings. The number of rotatable bonds is 4. The van der Waals surface area contributed by atoms with Gasteiger partial charge in [-0.3, -0.25) is 9.59 Å². The summed E-state index contributed by atoms with van der Waals surface area (Å²) in [6.07, 6.45) is -3.76. The summed E-state index contributed by atoms with van der Waals surface area (Å²) >= 11 is 5.99. The van der Waals surface area contributed by atoms with E-state index in [1.165, 1.54) is 25.3 Å². The van der Waals surface area contributed by atoms with Gasteiger partial charge in [-0.15, -0.1) is 0 Å². The third-order valence-corrected chi connectivity index (χ3v) is 5.22. The predicted octanol–water partition coefficient (Wildman–Crippen LogP) is 4.40. The second-order valence-corrected chi connectivity index (χ2v) is 7.36. The van der Waals surface area contributed by atoms with E-state index in [-0.39, 0.29) is 11.9 Å². The Morgan fingerprint density at radius 2 is 1.77 bits per heavy atom. The summed E-state index contributed by atoms with van der Waals surface area (Å²) < 4.78 is 44.6. The Hall–Kier alpha value is -2.74. The highest BCUT2D eigenvalue weighted by molar-refractivity contribution is 6.31. The molecule has 5 nitrogen and oxygen atoms in total. The minimum Gasteiger partial charge on any atom is -0.496 e. The zero-order valence-corrected chi connectivity index (χ0v) is 16.9. The zero-order valence-electron chi connectivity index (χ0n) is 16.1. The van der Waals surface area contributed by atoms with Gasteiger partial charge in [0.25, 0.3) is 11.8 Å². The van der Waals surface area contributed by atoms with Crippen LogP contribution in [0.3, 0.4) is 0 Å². The maximum absolute atomic E-state index is 13.1. The van der Waals surface area contributed by atoms with Crippen LogP contribution in [0.25, 0.3) is 0 Å². The molecule has 2 aromatic carbocycles. The molecule has 0 radical (unpaired) electrons. The fourth-order valence-corrected chi connectivity index (χ4v) is 3.61. The van der Waals surface area contributed by atoms with Crippen LogP contribution in [0.2, 0.25) is 5.02 Å². The molecule has 9 heteroatoms. The standard InChI is InChI=1S/C21H20ClF3N2O3/c1-30-18-7-6-13(22)12-16(18)20(29)27-10-8-14(9-11-27)26-19(28)15-4-2-3-5-17(15)21(23,24)25/h2-7,12,14H,8-11H2,1H3,(H,26,28). The summed E-state index contributed by atoms with van der Waals surface area (Å²) in [6.45, 7) is 0.695. The van der Waals surface area contributed by atoms with Crippen molar-refractivity contribution in [2.45, 2.75) is 25.1 Å². The normalized spacial score (nSPS) is 15.0. The van der Waals surface area contributed by atoms with Gasteiger partial charge in [-0.05, 0) is 43.2 Å². The molecule has 2 amide bonds. The number of nitrogens with zero attached hydrogens (tertiary/aromatic N) is 1. The lowest BCUT2D eigenvalue weighted by molar-refractivity contribution is -0.137. The number of likely N-dealkylation sites (tertiary alicyclic amines) is 1. The number of amides is 2. The molecule has 0 unspecified atom stereocenters. The number of alkyl halides is 3. The van der Waals surface area contributed by atoms with E-state index in [4.69, 9.17) is 16.3 Å². The van der Waals surface area contributed by atoms with Crippen molar-refractivity contribution in [1.29, 1.82) is 0 Å². The van der Waals surface area contributed by atoms with E-state index in [1.807, 2.05) is 0 Å². The van der Waals surface area contributed by atoms with Crippen molar-refractivity contribution in [1.82, 2.24) is 10.2 Å². The van der Waals surface area contributed by atoms with Crippen molar-refractivity contribution in [3.05, 3.63) is 64.2 Å². The number of piperidine rings is 1. The Kier molecular flexibility index (Phi) is 6.55. The Morgan fingerprint density at radius 3 is 2.40 bits per heavy atom. The average Bonchev–Trinajstić information content (AvgIpc) is 2.73. The lowest BCUT2D eigenvalue weighted by Crippen LogP contribution is -2.46. The third kappa shape index (κ3) is 4.87. The molecule has 1 heterocycles. The third-order valence-electron chi connectivity index (χ3n) is 4.99. The number of hydrogen-bond acceptors (Lipinski definition) is 3. The SMILES string of the molecule is COc1ccc(Cl)cc1C(=O)N1CCC(NC(=O)c2ccccc2C(F)(F)F)CC1. The monoisotopic (exact) mass is 440 g/mol. The van der Waals surface area contributed by atoms with Crippen LogP contribution in [0, 0.1) is 0 Å². The van der Waals surface area contributed by atoms with Crippen LogP contribution < -0.4 is 10.1 Å². The first kappa shape index (κ1) is 22.0. The van der Waals surface area contributed by atoms with E-state index >= 15 is 0 Å². The molecule has 0 aromatic heterocycles. The molecule has 3 rings (SSSR count). The molecule has 2 aromatic rings. The molecule has 0 saturated carbocycles. The van der Waals surface area contributed by atoms with E-state index in [9.17, 15) is 22.8 Å². The van der Waals surface area contributed by atoms with Gasteiger partial charge >= 0.3 is 6.18 Å². The van der Waals surface area contributed by atoms with Crippen molar-refractivity contribution in [2.75, 3.05) is 20.2 Å². The maximum atomic E-state index is 13.1. The molecule has 1 fully saturated rings. The summed E-state index contributed by atoms with van der Waals surface area (Å²) in [7, 11) is 1.46. The fraction of sp³-hybridized carbons (Fsp3) is 0.333. The number of ether oxygens (including phenoxy) is 1. The summed E-state index contributed by atoms with van der Waals surface area (Å²) in [4.78, 5) is 26.8. The van der Waals surface area contributed by atoms with Gasteiger partial charge in [0, 0.05) is 24.2 Å². The summed E-state index contributed by atoms with van der Waals surface area (Å²) in [5, 5.41) is 3.06. The van der Waals surface area contributed by atoms with Gasteiger partial charge in [-0.25, -0.2) is 0 Å². The highest BCUT2D eigenvalue weighted by Gasteiger charge is 2.35. The van der Waals surface area contributed by atoms with E-state index in [0.717, 1.165) is 12.1 Å². The highest BCUT2D eigenvalue weighted by atomic mass is 35.5. The second-order valence-electron chi connectivity index (χ2n) is 6.93. The van der Waals surface area contributed by atoms with Crippen molar-refractivity contribution in [3.63, 3.8) is 0 Å². The molecule has 1 saturated heterocycles. The van der Waals surface area contributed by atoms with Gasteiger partial charge in [0.05, 0.1) is 23.8 Å². The van der Waals surface area contributed by atoms with Gasteiger partial charge in [-0.1, -0.05) is 23.7 Å². The van der Waals surface area contributed by atoms with Gasteiger partial charge in [0.15, 0.2) is 0 Å². The van der Waals surface area contributed by atoms with Crippen LogP contribution in [0.15, 0.2) is 42.5 Å². The van der Waals surface area contributed by atoms with Gasteiger partial charge in [-0.2, -0.15) is 13.2 Å².